The van der Waals surface area contributed by atoms with E-state index in [2.05, 4.69) is 21.2 Å². The summed E-state index contributed by atoms with van der Waals surface area (Å²) in [5, 5.41) is 13.4. The molecule has 1 aliphatic carbocycles. The van der Waals surface area contributed by atoms with Gasteiger partial charge in [-0.3, -0.25) is 0 Å². The van der Waals surface area contributed by atoms with Crippen molar-refractivity contribution in [3.8, 4) is 0 Å². The fourth-order valence-corrected chi connectivity index (χ4v) is 2.45. The third-order valence-electron chi connectivity index (χ3n) is 3.26. The van der Waals surface area contributed by atoms with Crippen molar-refractivity contribution in [1.82, 2.24) is 5.32 Å². The van der Waals surface area contributed by atoms with E-state index in [-0.39, 0.29) is 0 Å². The van der Waals surface area contributed by atoms with Crippen LogP contribution in [0.2, 0.25) is 0 Å². The zero-order valence-electron chi connectivity index (χ0n) is 9.90. The number of hydrogen-bond acceptors (Lipinski definition) is 3. The Bertz CT molecular complexity index is 366. The van der Waals surface area contributed by atoms with E-state index in [0.29, 0.717) is 18.7 Å². The fourth-order valence-electron chi connectivity index (χ4n) is 2.03. The van der Waals surface area contributed by atoms with Crippen LogP contribution in [0.4, 0.5) is 0 Å². The van der Waals surface area contributed by atoms with Gasteiger partial charge in [0.25, 0.3) is 0 Å². The van der Waals surface area contributed by atoms with Gasteiger partial charge < -0.3 is 15.2 Å². The molecule has 2 N–H and O–H groups in total. The average Bonchev–Trinajstić information content (AvgIpc) is 2.27. The van der Waals surface area contributed by atoms with E-state index in [1.807, 2.05) is 24.3 Å². The molecule has 1 atom stereocenters. The van der Waals surface area contributed by atoms with E-state index in [0.717, 1.165) is 22.9 Å². The van der Waals surface area contributed by atoms with Gasteiger partial charge in [0.05, 0.1) is 12.2 Å². The Morgan fingerprint density at radius 2 is 2.29 bits per heavy atom. The number of benzene rings is 1. The lowest BCUT2D eigenvalue weighted by Gasteiger charge is -2.35. The van der Waals surface area contributed by atoms with Gasteiger partial charge in [-0.2, -0.15) is 0 Å². The number of aliphatic hydroxyl groups is 1. The first-order valence-corrected chi connectivity index (χ1v) is 6.68. The first kappa shape index (κ1) is 13.0. The molecule has 1 saturated carbocycles. The molecule has 94 valence electrons. The molecule has 4 heteroatoms. The maximum Gasteiger partial charge on any atom is 0.0914 e. The van der Waals surface area contributed by atoms with Crippen LogP contribution in [0.3, 0.4) is 0 Å². The van der Waals surface area contributed by atoms with Crippen molar-refractivity contribution in [3.05, 3.63) is 34.3 Å². The Hall–Kier alpha value is -0.420. The van der Waals surface area contributed by atoms with E-state index in [9.17, 15) is 5.11 Å². The molecule has 0 spiro atoms. The number of nitrogens with one attached hydrogen (secondary N) is 1. The summed E-state index contributed by atoms with van der Waals surface area (Å²) in [6.07, 6.45) is 2.04. The zero-order valence-corrected chi connectivity index (χ0v) is 11.5. The maximum absolute atomic E-state index is 10.0. The Morgan fingerprint density at radius 3 is 2.94 bits per heavy atom. The summed E-state index contributed by atoms with van der Waals surface area (Å²) in [4.78, 5) is 0. The Balaban J connectivity index is 1.76. The van der Waals surface area contributed by atoms with Crippen molar-refractivity contribution in [2.24, 2.45) is 0 Å². The van der Waals surface area contributed by atoms with E-state index in [1.165, 1.54) is 0 Å². The molecule has 0 saturated heterocycles. The van der Waals surface area contributed by atoms with Crippen LogP contribution in [0.25, 0.3) is 0 Å². The first-order chi connectivity index (χ1) is 8.19. The molecule has 1 aliphatic rings. The Morgan fingerprint density at radius 1 is 1.53 bits per heavy atom. The molecule has 1 unspecified atom stereocenters. The monoisotopic (exact) mass is 299 g/mol. The molecular weight excluding hydrogens is 282 g/mol. The highest BCUT2D eigenvalue weighted by molar-refractivity contribution is 9.10. The number of halogens is 1. The smallest absolute Gasteiger partial charge is 0.0914 e. The van der Waals surface area contributed by atoms with Gasteiger partial charge in [0.2, 0.25) is 0 Å². The summed E-state index contributed by atoms with van der Waals surface area (Å²) in [5.41, 5.74) is 0.939. The highest BCUT2D eigenvalue weighted by Crippen LogP contribution is 2.23. The van der Waals surface area contributed by atoms with Crippen LogP contribution >= 0.6 is 15.9 Å². The lowest BCUT2D eigenvalue weighted by Crippen LogP contribution is -2.46. The highest BCUT2D eigenvalue weighted by Gasteiger charge is 2.28. The topological polar surface area (TPSA) is 41.5 Å². The fraction of sp³-hybridized carbons (Fsp3) is 0.538. The molecule has 1 aromatic carbocycles. The van der Waals surface area contributed by atoms with Crippen LogP contribution in [-0.4, -0.2) is 30.9 Å². The minimum absolute atomic E-state index is 0.399. The van der Waals surface area contributed by atoms with Crippen LogP contribution in [-0.2, 0) is 4.74 Å². The summed E-state index contributed by atoms with van der Waals surface area (Å²) in [6, 6.07) is 8.27. The van der Waals surface area contributed by atoms with Crippen molar-refractivity contribution < 1.29 is 9.84 Å². The molecule has 17 heavy (non-hydrogen) atoms. The van der Waals surface area contributed by atoms with Crippen molar-refractivity contribution in [2.45, 2.75) is 31.1 Å². The van der Waals surface area contributed by atoms with E-state index < -0.39 is 6.10 Å². The summed E-state index contributed by atoms with van der Waals surface area (Å²) in [5.74, 6) is 0. The number of methoxy groups -OCH3 is 1. The van der Waals surface area contributed by atoms with Gasteiger partial charge in [0.15, 0.2) is 0 Å². The molecule has 0 radical (unpaired) electrons. The molecule has 0 aromatic heterocycles. The molecule has 3 nitrogen and oxygen atoms in total. The molecule has 0 aliphatic heterocycles. The van der Waals surface area contributed by atoms with E-state index in [1.54, 1.807) is 7.11 Å². The second kappa shape index (κ2) is 5.96. The molecule has 1 aromatic rings. The van der Waals surface area contributed by atoms with Gasteiger partial charge in [-0.05, 0) is 30.5 Å². The molecule has 0 heterocycles. The van der Waals surface area contributed by atoms with Crippen molar-refractivity contribution in [1.29, 1.82) is 0 Å². The van der Waals surface area contributed by atoms with Crippen LogP contribution in [0.15, 0.2) is 28.7 Å². The number of hydrogen-bond donors (Lipinski definition) is 2. The average molecular weight is 300 g/mol. The number of ether oxygens (including phenoxy) is 1. The summed E-state index contributed by atoms with van der Waals surface area (Å²) in [6.45, 7) is 0.595. The minimum Gasteiger partial charge on any atom is -0.387 e. The van der Waals surface area contributed by atoms with Crippen molar-refractivity contribution in [2.75, 3.05) is 13.7 Å². The van der Waals surface area contributed by atoms with E-state index in [4.69, 9.17) is 4.74 Å². The molecule has 2 rings (SSSR count). The standard InChI is InChI=1S/C13H18BrNO2/c1-17-12-6-11(7-12)15-8-13(16)9-3-2-4-10(14)5-9/h2-5,11-13,15-16H,6-8H2,1H3. The maximum atomic E-state index is 10.0. The number of aliphatic hydroxyl groups excluding tert-OH is 1. The van der Waals surface area contributed by atoms with Crippen LogP contribution in [0, 0.1) is 0 Å². The summed E-state index contributed by atoms with van der Waals surface area (Å²) >= 11 is 3.40. The second-order valence-electron chi connectivity index (χ2n) is 4.51. The van der Waals surface area contributed by atoms with Gasteiger partial charge in [-0.15, -0.1) is 0 Å². The van der Waals surface area contributed by atoms with Crippen LogP contribution < -0.4 is 5.32 Å². The molecular formula is C13H18BrNO2. The normalized spacial score (nSPS) is 25.4. The summed E-state index contributed by atoms with van der Waals surface area (Å²) < 4.78 is 6.21. The van der Waals surface area contributed by atoms with Crippen LogP contribution in [0.5, 0.6) is 0 Å². The lowest BCUT2D eigenvalue weighted by molar-refractivity contribution is 0.0137. The molecule has 0 bridgehead atoms. The zero-order chi connectivity index (χ0) is 12.3. The highest BCUT2D eigenvalue weighted by atomic mass is 79.9. The van der Waals surface area contributed by atoms with Gasteiger partial charge in [0.1, 0.15) is 0 Å². The van der Waals surface area contributed by atoms with Gasteiger partial charge in [-0.1, -0.05) is 28.1 Å². The minimum atomic E-state index is -0.450. The second-order valence-corrected chi connectivity index (χ2v) is 5.42. The summed E-state index contributed by atoms with van der Waals surface area (Å²) in [7, 11) is 1.75. The van der Waals surface area contributed by atoms with Crippen LogP contribution in [0.1, 0.15) is 24.5 Å². The van der Waals surface area contributed by atoms with Gasteiger partial charge in [0, 0.05) is 24.2 Å². The third kappa shape index (κ3) is 3.52. The first-order valence-electron chi connectivity index (χ1n) is 5.88. The Kier molecular flexibility index (Phi) is 4.56. The Labute approximate surface area is 110 Å². The van der Waals surface area contributed by atoms with E-state index >= 15 is 0 Å². The lowest BCUT2D eigenvalue weighted by atomic mass is 9.89. The van der Waals surface area contributed by atoms with Crippen molar-refractivity contribution >= 4 is 15.9 Å². The van der Waals surface area contributed by atoms with Gasteiger partial charge >= 0.3 is 0 Å². The van der Waals surface area contributed by atoms with Crippen molar-refractivity contribution in [3.63, 3.8) is 0 Å². The number of rotatable bonds is 5. The third-order valence-corrected chi connectivity index (χ3v) is 3.75. The molecule has 0 amide bonds. The quantitative estimate of drug-likeness (QED) is 0.876. The van der Waals surface area contributed by atoms with Gasteiger partial charge in [-0.25, -0.2) is 0 Å². The largest absolute Gasteiger partial charge is 0.387 e. The predicted octanol–water partition coefficient (Wildman–Crippen LogP) is 2.25. The molecule has 1 fully saturated rings. The predicted molar refractivity (Wildman–Crippen MR) is 70.9 cm³/mol. The SMILES string of the molecule is COC1CC(NCC(O)c2cccc(Br)c2)C1.